The Kier molecular flexibility index (Phi) is 29.1. The molecule has 3 N–H and O–H groups in total. The van der Waals surface area contributed by atoms with Crippen LogP contribution in [0, 0.1) is 0 Å². The minimum absolute atomic E-state index is 0.0837. The van der Waals surface area contributed by atoms with E-state index in [-0.39, 0.29) is 12.5 Å². The van der Waals surface area contributed by atoms with E-state index < -0.39 is 12.1 Å². The van der Waals surface area contributed by atoms with Crippen LogP contribution in [0.4, 0.5) is 0 Å². The standard InChI is InChI=1S/C34H63NO3/c1-3-5-7-9-11-13-15-17-19-21-23-25-27-29-33(37)32(31-36)35-34(38)30-28-26-24-22-20-18-16-14-12-10-8-6-4-2/h15,17,19,21,27,29,32-33,36-37H,3-14,16,18,20,22-26,28,30-31H2,1-2H3,(H,35,38)/b17-15+,21-19+,29-27+/t32-,33+/m0/s1. The number of carbonyl (C=O) groups is 1. The van der Waals surface area contributed by atoms with E-state index in [1.165, 1.54) is 103 Å². The average Bonchev–Trinajstić information content (AvgIpc) is 2.92. The third-order valence-corrected chi connectivity index (χ3v) is 7.15. The maximum atomic E-state index is 12.2. The van der Waals surface area contributed by atoms with Crippen LogP contribution in [0.15, 0.2) is 36.5 Å². The molecule has 0 saturated heterocycles. The van der Waals surface area contributed by atoms with Gasteiger partial charge in [-0.2, -0.15) is 0 Å². The first-order valence-corrected chi connectivity index (χ1v) is 16.2. The van der Waals surface area contributed by atoms with E-state index in [1.54, 1.807) is 6.08 Å². The number of allylic oxidation sites excluding steroid dienone is 5. The number of aliphatic hydroxyl groups excluding tert-OH is 2. The van der Waals surface area contributed by atoms with E-state index in [4.69, 9.17) is 0 Å². The lowest BCUT2D eigenvalue weighted by molar-refractivity contribution is -0.123. The van der Waals surface area contributed by atoms with Gasteiger partial charge in [-0.05, 0) is 32.1 Å². The molecule has 4 nitrogen and oxygen atoms in total. The van der Waals surface area contributed by atoms with Gasteiger partial charge < -0.3 is 15.5 Å². The molecule has 0 spiro atoms. The number of aliphatic hydroxyl groups is 2. The fourth-order valence-corrected chi connectivity index (χ4v) is 4.60. The van der Waals surface area contributed by atoms with E-state index in [9.17, 15) is 15.0 Å². The number of rotatable bonds is 28. The normalized spacial score (nSPS) is 13.7. The van der Waals surface area contributed by atoms with Crippen molar-refractivity contribution in [1.82, 2.24) is 5.32 Å². The summed E-state index contributed by atoms with van der Waals surface area (Å²) >= 11 is 0. The molecule has 0 rings (SSSR count). The highest BCUT2D eigenvalue weighted by molar-refractivity contribution is 5.76. The van der Waals surface area contributed by atoms with Crippen molar-refractivity contribution in [2.24, 2.45) is 0 Å². The zero-order chi connectivity index (χ0) is 27.9. The first kappa shape index (κ1) is 36.6. The number of hydrogen-bond donors (Lipinski definition) is 3. The van der Waals surface area contributed by atoms with Crippen LogP contribution in [-0.4, -0.2) is 34.9 Å². The molecule has 0 saturated carbocycles. The van der Waals surface area contributed by atoms with Gasteiger partial charge in [0.05, 0.1) is 18.8 Å². The largest absolute Gasteiger partial charge is 0.394 e. The van der Waals surface area contributed by atoms with Crippen molar-refractivity contribution < 1.29 is 15.0 Å². The minimum atomic E-state index is -0.868. The summed E-state index contributed by atoms with van der Waals surface area (Å²) in [6, 6.07) is -0.642. The molecule has 222 valence electrons. The van der Waals surface area contributed by atoms with Crippen LogP contribution in [0.1, 0.15) is 155 Å². The Hall–Kier alpha value is -1.39. The van der Waals surface area contributed by atoms with Gasteiger partial charge in [0.2, 0.25) is 5.91 Å². The van der Waals surface area contributed by atoms with Crippen LogP contribution in [-0.2, 0) is 4.79 Å². The molecule has 0 aliphatic carbocycles. The first-order chi connectivity index (χ1) is 18.7. The summed E-state index contributed by atoms with van der Waals surface area (Å²) in [6.07, 6.45) is 37.9. The summed E-state index contributed by atoms with van der Waals surface area (Å²) in [5.74, 6) is -0.0837. The number of carbonyl (C=O) groups excluding carboxylic acids is 1. The molecule has 0 aromatic carbocycles. The van der Waals surface area contributed by atoms with Crippen molar-refractivity contribution >= 4 is 5.91 Å². The van der Waals surface area contributed by atoms with Gasteiger partial charge >= 0.3 is 0 Å². The Balaban J connectivity index is 3.76. The number of amides is 1. The SMILES string of the molecule is CCCCCCC/C=C/C=C/CC/C=C/[C@@H](O)[C@H](CO)NC(=O)CCCCCCCCCCCCCCC. The molecule has 2 atom stereocenters. The van der Waals surface area contributed by atoms with E-state index in [1.807, 2.05) is 6.08 Å². The molecule has 0 aliphatic rings. The smallest absolute Gasteiger partial charge is 0.220 e. The molecule has 0 aromatic heterocycles. The van der Waals surface area contributed by atoms with Gasteiger partial charge in [0.25, 0.3) is 0 Å². The lowest BCUT2D eigenvalue weighted by Crippen LogP contribution is -2.45. The van der Waals surface area contributed by atoms with Crippen LogP contribution < -0.4 is 5.32 Å². The summed E-state index contributed by atoms with van der Waals surface area (Å²) < 4.78 is 0. The maximum absolute atomic E-state index is 12.2. The Bertz CT molecular complexity index is 584. The number of unbranched alkanes of at least 4 members (excludes halogenated alkanes) is 18. The van der Waals surface area contributed by atoms with Gasteiger partial charge in [0, 0.05) is 6.42 Å². The van der Waals surface area contributed by atoms with Gasteiger partial charge in [-0.15, -0.1) is 0 Å². The zero-order valence-electron chi connectivity index (χ0n) is 25.2. The quantitative estimate of drug-likeness (QED) is 0.0533. The molecule has 0 bridgehead atoms. The molecule has 4 heteroatoms. The Morgan fingerprint density at radius 2 is 1.08 bits per heavy atom. The van der Waals surface area contributed by atoms with E-state index in [0.29, 0.717) is 6.42 Å². The molecule has 0 aliphatic heterocycles. The average molecular weight is 534 g/mol. The fourth-order valence-electron chi connectivity index (χ4n) is 4.60. The van der Waals surface area contributed by atoms with Crippen LogP contribution >= 0.6 is 0 Å². The second-order valence-corrected chi connectivity index (χ2v) is 10.9. The van der Waals surface area contributed by atoms with E-state index >= 15 is 0 Å². The second-order valence-electron chi connectivity index (χ2n) is 10.9. The van der Waals surface area contributed by atoms with Gasteiger partial charge in [-0.1, -0.05) is 153 Å². The van der Waals surface area contributed by atoms with E-state index in [2.05, 4.69) is 43.5 Å². The molecule has 0 unspecified atom stereocenters. The summed E-state index contributed by atoms with van der Waals surface area (Å²) in [7, 11) is 0. The molecule has 0 aromatic rings. The summed E-state index contributed by atoms with van der Waals surface area (Å²) in [6.45, 7) is 4.24. The predicted molar refractivity (Wildman–Crippen MR) is 165 cm³/mol. The zero-order valence-corrected chi connectivity index (χ0v) is 25.2. The lowest BCUT2D eigenvalue weighted by atomic mass is 10.0. The van der Waals surface area contributed by atoms with Crippen LogP contribution in [0.2, 0.25) is 0 Å². The maximum Gasteiger partial charge on any atom is 0.220 e. The summed E-state index contributed by atoms with van der Waals surface area (Å²) in [4.78, 5) is 12.2. The molecule has 0 radical (unpaired) electrons. The Labute approximate surface area is 236 Å². The van der Waals surface area contributed by atoms with Crippen molar-refractivity contribution in [1.29, 1.82) is 0 Å². The highest BCUT2D eigenvalue weighted by atomic mass is 16.3. The van der Waals surface area contributed by atoms with Gasteiger partial charge in [-0.25, -0.2) is 0 Å². The predicted octanol–water partition coefficient (Wildman–Crippen LogP) is 9.12. The van der Waals surface area contributed by atoms with Gasteiger partial charge in [0.15, 0.2) is 0 Å². The van der Waals surface area contributed by atoms with Crippen LogP contribution in [0.3, 0.4) is 0 Å². The van der Waals surface area contributed by atoms with Crippen molar-refractivity contribution in [2.75, 3.05) is 6.61 Å². The Morgan fingerprint density at radius 3 is 1.61 bits per heavy atom. The lowest BCUT2D eigenvalue weighted by Gasteiger charge is -2.19. The number of nitrogens with one attached hydrogen (secondary N) is 1. The van der Waals surface area contributed by atoms with Gasteiger partial charge in [-0.3, -0.25) is 4.79 Å². The van der Waals surface area contributed by atoms with Crippen molar-refractivity contribution in [3.63, 3.8) is 0 Å². The van der Waals surface area contributed by atoms with Crippen LogP contribution in [0.25, 0.3) is 0 Å². The molecule has 1 amide bonds. The molecule has 38 heavy (non-hydrogen) atoms. The van der Waals surface area contributed by atoms with Crippen molar-refractivity contribution in [2.45, 2.75) is 167 Å². The van der Waals surface area contributed by atoms with E-state index in [0.717, 1.165) is 32.1 Å². The molecular formula is C34H63NO3. The minimum Gasteiger partial charge on any atom is -0.394 e. The molecule has 0 heterocycles. The summed E-state index contributed by atoms with van der Waals surface area (Å²) in [5.41, 5.74) is 0. The second kappa shape index (κ2) is 30.2. The molecule has 0 fully saturated rings. The third kappa shape index (κ3) is 26.2. The monoisotopic (exact) mass is 533 g/mol. The highest BCUT2D eigenvalue weighted by Crippen LogP contribution is 2.13. The first-order valence-electron chi connectivity index (χ1n) is 16.2. The fraction of sp³-hybridized carbons (Fsp3) is 0.794. The highest BCUT2D eigenvalue weighted by Gasteiger charge is 2.17. The Morgan fingerprint density at radius 1 is 0.632 bits per heavy atom. The summed E-state index contributed by atoms with van der Waals surface area (Å²) in [5, 5.41) is 22.7. The van der Waals surface area contributed by atoms with Crippen molar-refractivity contribution in [3.05, 3.63) is 36.5 Å². The topological polar surface area (TPSA) is 69.6 Å². The van der Waals surface area contributed by atoms with Crippen LogP contribution in [0.5, 0.6) is 0 Å². The number of hydrogen-bond acceptors (Lipinski definition) is 3. The molecular weight excluding hydrogens is 470 g/mol. The third-order valence-electron chi connectivity index (χ3n) is 7.15. The van der Waals surface area contributed by atoms with Crippen molar-refractivity contribution in [3.8, 4) is 0 Å². The van der Waals surface area contributed by atoms with Gasteiger partial charge in [0.1, 0.15) is 0 Å².